The molecule has 0 saturated heterocycles. The summed E-state index contributed by atoms with van der Waals surface area (Å²) < 4.78 is 0. The minimum atomic E-state index is -0.985. The molecule has 0 bridgehead atoms. The van der Waals surface area contributed by atoms with Crippen LogP contribution < -0.4 is 5.32 Å². The van der Waals surface area contributed by atoms with E-state index in [1.54, 1.807) is 24.3 Å². The third-order valence-corrected chi connectivity index (χ3v) is 4.14. The Balaban J connectivity index is 1.87. The van der Waals surface area contributed by atoms with Crippen LogP contribution in [0.3, 0.4) is 0 Å². The van der Waals surface area contributed by atoms with Crippen LogP contribution in [0.5, 0.6) is 0 Å². The minimum absolute atomic E-state index is 0.151. The molecule has 2 rings (SSSR count). The van der Waals surface area contributed by atoms with E-state index in [9.17, 15) is 9.59 Å². The second-order valence-electron chi connectivity index (χ2n) is 4.98. The Morgan fingerprint density at radius 2 is 1.96 bits per heavy atom. The number of pyridine rings is 1. The number of carbonyl (C=O) groups excluding carboxylic acids is 1. The highest BCUT2D eigenvalue weighted by atomic mass is 32.2. The van der Waals surface area contributed by atoms with Crippen molar-refractivity contribution in [1.82, 2.24) is 10.3 Å². The first-order valence-corrected chi connectivity index (χ1v) is 8.07. The molecule has 0 radical (unpaired) electrons. The monoisotopic (exact) mass is 341 g/mol. The lowest BCUT2D eigenvalue weighted by atomic mass is 10.1. The normalized spacial score (nSPS) is 10.0. The van der Waals surface area contributed by atoms with Gasteiger partial charge in [-0.1, -0.05) is 23.9 Å². The van der Waals surface area contributed by atoms with E-state index in [0.29, 0.717) is 17.1 Å². The number of hydrogen-bond donors (Lipinski definition) is 2. The number of rotatable bonds is 6. The Labute approximate surface area is 143 Å². The Hall–Kier alpha value is -2.85. The smallest absolute Gasteiger partial charge is 0.335 e. The van der Waals surface area contributed by atoms with Crippen LogP contribution in [0.15, 0.2) is 41.4 Å². The number of thioether (sulfide) groups is 1. The molecule has 1 aromatic heterocycles. The molecule has 0 atom stereocenters. The highest BCUT2D eigenvalue weighted by Crippen LogP contribution is 2.20. The first kappa shape index (κ1) is 17.5. The molecule has 0 aliphatic carbocycles. The molecular formula is C17H15N3O3S. The van der Waals surface area contributed by atoms with E-state index in [-0.39, 0.29) is 17.2 Å². The van der Waals surface area contributed by atoms with E-state index in [4.69, 9.17) is 10.4 Å². The van der Waals surface area contributed by atoms with Crippen molar-refractivity contribution in [3.05, 3.63) is 58.8 Å². The summed E-state index contributed by atoms with van der Waals surface area (Å²) in [4.78, 5) is 27.0. The van der Waals surface area contributed by atoms with Crippen molar-refractivity contribution >= 4 is 23.6 Å². The van der Waals surface area contributed by atoms with Crippen LogP contribution in [0, 0.1) is 18.3 Å². The highest BCUT2D eigenvalue weighted by molar-refractivity contribution is 8.00. The third kappa shape index (κ3) is 4.83. The molecular weight excluding hydrogens is 326 g/mol. The number of aromatic nitrogens is 1. The van der Waals surface area contributed by atoms with Gasteiger partial charge in [-0.05, 0) is 36.8 Å². The van der Waals surface area contributed by atoms with Gasteiger partial charge in [0.1, 0.15) is 11.1 Å². The Morgan fingerprint density at radius 1 is 1.25 bits per heavy atom. The molecule has 0 unspecified atom stereocenters. The van der Waals surface area contributed by atoms with Crippen molar-refractivity contribution in [3.8, 4) is 6.07 Å². The summed E-state index contributed by atoms with van der Waals surface area (Å²) in [5.41, 5.74) is 2.25. The average Bonchev–Trinajstić information content (AvgIpc) is 2.58. The fourth-order valence-electron chi connectivity index (χ4n) is 1.88. The van der Waals surface area contributed by atoms with Gasteiger partial charge in [-0.2, -0.15) is 5.26 Å². The summed E-state index contributed by atoms with van der Waals surface area (Å²) in [5, 5.41) is 21.2. The van der Waals surface area contributed by atoms with Gasteiger partial charge in [0.25, 0.3) is 0 Å². The summed E-state index contributed by atoms with van der Waals surface area (Å²) in [7, 11) is 0. The Morgan fingerprint density at radius 3 is 2.58 bits per heavy atom. The van der Waals surface area contributed by atoms with E-state index >= 15 is 0 Å². The number of aryl methyl sites for hydroxylation is 1. The summed E-state index contributed by atoms with van der Waals surface area (Å²) >= 11 is 1.21. The topological polar surface area (TPSA) is 103 Å². The van der Waals surface area contributed by atoms with Crippen LogP contribution in [-0.2, 0) is 11.3 Å². The van der Waals surface area contributed by atoms with Crippen molar-refractivity contribution in [3.63, 3.8) is 0 Å². The summed E-state index contributed by atoms with van der Waals surface area (Å²) in [6, 6.07) is 11.8. The number of nitrogens with zero attached hydrogens (tertiary/aromatic N) is 2. The van der Waals surface area contributed by atoms with E-state index in [0.717, 1.165) is 11.3 Å². The van der Waals surface area contributed by atoms with Gasteiger partial charge in [-0.25, -0.2) is 9.78 Å². The van der Waals surface area contributed by atoms with Gasteiger partial charge in [0.05, 0.1) is 16.9 Å². The molecule has 1 amide bonds. The number of carboxylic acid groups (broad SMARTS) is 1. The second kappa shape index (κ2) is 8.13. The highest BCUT2D eigenvalue weighted by Gasteiger charge is 2.09. The number of carboxylic acids is 1. The quantitative estimate of drug-likeness (QED) is 0.782. The number of nitrogens with one attached hydrogen (secondary N) is 1. The summed E-state index contributed by atoms with van der Waals surface area (Å²) in [5.74, 6) is -1.02. The Kier molecular flexibility index (Phi) is 5.93. The molecule has 24 heavy (non-hydrogen) atoms. The molecule has 0 aliphatic heterocycles. The van der Waals surface area contributed by atoms with Gasteiger partial charge in [-0.15, -0.1) is 0 Å². The molecule has 2 aromatic rings. The maximum absolute atomic E-state index is 11.9. The second-order valence-corrected chi connectivity index (χ2v) is 5.95. The number of benzene rings is 1. The molecule has 122 valence electrons. The van der Waals surface area contributed by atoms with Crippen LogP contribution in [0.1, 0.15) is 27.2 Å². The third-order valence-electron chi connectivity index (χ3n) is 3.15. The number of aromatic carboxylic acids is 1. The van der Waals surface area contributed by atoms with Crippen molar-refractivity contribution in [2.45, 2.75) is 18.5 Å². The van der Waals surface area contributed by atoms with Crippen LogP contribution in [0.4, 0.5) is 0 Å². The molecule has 0 saturated carbocycles. The molecule has 2 N–H and O–H groups in total. The lowest BCUT2D eigenvalue weighted by Crippen LogP contribution is -2.24. The maximum atomic E-state index is 11.9. The lowest BCUT2D eigenvalue weighted by Gasteiger charge is -2.07. The number of carbonyl (C=O) groups is 2. The zero-order chi connectivity index (χ0) is 17.5. The van der Waals surface area contributed by atoms with Crippen molar-refractivity contribution < 1.29 is 14.7 Å². The van der Waals surface area contributed by atoms with Crippen molar-refractivity contribution in [2.75, 3.05) is 5.75 Å². The van der Waals surface area contributed by atoms with Crippen molar-refractivity contribution in [2.24, 2.45) is 0 Å². The predicted octanol–water partition coefficient (Wildman–Crippen LogP) is 2.37. The number of amides is 1. The zero-order valence-corrected chi connectivity index (χ0v) is 13.8. The van der Waals surface area contributed by atoms with Crippen molar-refractivity contribution in [1.29, 1.82) is 5.26 Å². The Bertz CT molecular complexity index is 798. The zero-order valence-electron chi connectivity index (χ0n) is 12.9. The molecule has 0 spiro atoms. The summed E-state index contributed by atoms with van der Waals surface area (Å²) in [6.45, 7) is 2.14. The van der Waals surface area contributed by atoms with Gasteiger partial charge in [0.2, 0.25) is 5.91 Å². The average molecular weight is 341 g/mol. The molecule has 7 heteroatoms. The summed E-state index contributed by atoms with van der Waals surface area (Å²) in [6.07, 6.45) is 0. The van der Waals surface area contributed by atoms with E-state index < -0.39 is 5.97 Å². The largest absolute Gasteiger partial charge is 0.478 e. The first-order chi connectivity index (χ1) is 11.5. The SMILES string of the molecule is Cc1ccc(C#N)c(SCC(=O)NCc2ccc(C(=O)O)cc2)n1. The van der Waals surface area contributed by atoms with Gasteiger partial charge < -0.3 is 10.4 Å². The van der Waals surface area contributed by atoms with E-state index in [1.165, 1.54) is 23.9 Å². The number of hydrogen-bond acceptors (Lipinski definition) is 5. The van der Waals surface area contributed by atoms with E-state index in [2.05, 4.69) is 16.4 Å². The molecule has 1 aromatic carbocycles. The standard InChI is InChI=1S/C17H15N3O3S/c1-11-2-5-14(8-18)16(20-11)24-10-15(21)19-9-12-3-6-13(7-4-12)17(22)23/h2-7H,9-10H2,1H3,(H,19,21)(H,22,23). The number of nitriles is 1. The predicted molar refractivity (Wildman–Crippen MR) is 89.7 cm³/mol. The molecule has 0 fully saturated rings. The molecule has 0 aliphatic rings. The van der Waals surface area contributed by atoms with E-state index in [1.807, 2.05) is 6.92 Å². The fourth-order valence-corrected chi connectivity index (χ4v) is 2.73. The maximum Gasteiger partial charge on any atom is 0.335 e. The lowest BCUT2D eigenvalue weighted by molar-refractivity contribution is -0.118. The van der Waals surface area contributed by atoms with Crippen LogP contribution >= 0.6 is 11.8 Å². The van der Waals surface area contributed by atoms with Crippen LogP contribution in [-0.4, -0.2) is 27.7 Å². The minimum Gasteiger partial charge on any atom is -0.478 e. The fraction of sp³-hybridized carbons (Fsp3) is 0.176. The van der Waals surface area contributed by atoms with Gasteiger partial charge in [0.15, 0.2) is 0 Å². The first-order valence-electron chi connectivity index (χ1n) is 7.09. The van der Waals surface area contributed by atoms with Gasteiger partial charge in [-0.3, -0.25) is 4.79 Å². The van der Waals surface area contributed by atoms with Crippen LogP contribution in [0.2, 0.25) is 0 Å². The van der Waals surface area contributed by atoms with Gasteiger partial charge >= 0.3 is 5.97 Å². The molecule has 6 nitrogen and oxygen atoms in total. The molecule has 1 heterocycles. The van der Waals surface area contributed by atoms with Gasteiger partial charge in [0, 0.05) is 12.2 Å². The van der Waals surface area contributed by atoms with Crippen LogP contribution in [0.25, 0.3) is 0 Å².